The molecule has 0 aliphatic rings. The van der Waals surface area contributed by atoms with Crippen LogP contribution in [0.3, 0.4) is 0 Å². The summed E-state index contributed by atoms with van der Waals surface area (Å²) >= 11 is 3.38. The first-order valence-corrected chi connectivity index (χ1v) is 21.3. The van der Waals surface area contributed by atoms with Gasteiger partial charge in [0.15, 0.2) is 5.58 Å². The molecule has 0 spiro atoms. The number of thiophene rings is 2. The molecule has 0 bridgehead atoms. The molecule has 11 heteroatoms. The Morgan fingerprint density at radius 2 is 1.26 bits per heavy atom. The summed E-state index contributed by atoms with van der Waals surface area (Å²) in [5, 5.41) is 7.54. The van der Waals surface area contributed by atoms with Crippen molar-refractivity contribution in [2.75, 3.05) is 4.90 Å². The van der Waals surface area contributed by atoms with Crippen LogP contribution < -0.4 is 9.08 Å². The van der Waals surface area contributed by atoms with Crippen LogP contribution in [0.15, 0.2) is 162 Å². The highest BCUT2D eigenvalue weighted by Crippen LogP contribution is 2.48. The standard InChI is InChI=1S/C47H26F3NO4S3/c48-47(49,50)58(52,53)55-31-25-37-35-23-28(33-14-8-16-42-45(33)44-32-12-5-4-9-27(32)18-21-43(44)57-42)17-20-39(35)54-46(37)38(26-31)51(29-10-2-1-3-11-29)30-19-22-41-36(24-30)34-13-6-7-15-40(34)56-41/h1-26H. The van der Waals surface area contributed by atoms with Gasteiger partial charge in [-0.3, -0.25) is 0 Å². The molecule has 8 aromatic carbocycles. The third-order valence-corrected chi connectivity index (χ3v) is 13.8. The summed E-state index contributed by atoms with van der Waals surface area (Å²) in [4.78, 5) is 1.86. The molecule has 0 fully saturated rings. The lowest BCUT2D eigenvalue weighted by Gasteiger charge is -2.26. The summed E-state index contributed by atoms with van der Waals surface area (Å²) < 4.78 is 82.8. The van der Waals surface area contributed by atoms with Gasteiger partial charge in [0.1, 0.15) is 11.3 Å². The molecule has 3 aromatic heterocycles. The highest BCUT2D eigenvalue weighted by molar-refractivity contribution is 7.88. The number of halogens is 3. The topological polar surface area (TPSA) is 59.8 Å². The molecule has 5 nitrogen and oxygen atoms in total. The predicted molar refractivity (Wildman–Crippen MR) is 233 cm³/mol. The Labute approximate surface area is 336 Å². The number of furan rings is 1. The molecule has 0 aliphatic heterocycles. The summed E-state index contributed by atoms with van der Waals surface area (Å²) in [7, 11) is -6.03. The second-order valence-electron chi connectivity index (χ2n) is 14.0. The molecule has 282 valence electrons. The number of fused-ring (bicyclic) bond motifs is 11. The maximum atomic E-state index is 13.9. The summed E-state index contributed by atoms with van der Waals surface area (Å²) in [5.74, 6) is -0.506. The number of hydrogen-bond donors (Lipinski definition) is 0. The minimum absolute atomic E-state index is 0.296. The normalized spacial score (nSPS) is 12.5. The Morgan fingerprint density at radius 3 is 2.10 bits per heavy atom. The van der Waals surface area contributed by atoms with Crippen LogP contribution in [0.5, 0.6) is 5.75 Å². The van der Waals surface area contributed by atoms with Crippen molar-refractivity contribution in [1.29, 1.82) is 0 Å². The highest BCUT2D eigenvalue weighted by atomic mass is 32.2. The van der Waals surface area contributed by atoms with Crippen molar-refractivity contribution in [3.05, 3.63) is 158 Å². The van der Waals surface area contributed by atoms with Gasteiger partial charge in [0.25, 0.3) is 0 Å². The van der Waals surface area contributed by atoms with Crippen molar-refractivity contribution in [3.63, 3.8) is 0 Å². The van der Waals surface area contributed by atoms with Gasteiger partial charge >= 0.3 is 15.6 Å². The number of hydrogen-bond acceptors (Lipinski definition) is 7. The van der Waals surface area contributed by atoms with Gasteiger partial charge in [-0.15, -0.1) is 22.7 Å². The van der Waals surface area contributed by atoms with Crippen LogP contribution >= 0.6 is 22.7 Å². The average Bonchev–Trinajstić information content (AvgIpc) is 3.92. The van der Waals surface area contributed by atoms with Gasteiger partial charge in [-0.25, -0.2) is 0 Å². The molecule has 0 saturated carbocycles. The fourth-order valence-corrected chi connectivity index (χ4v) is 10.8. The monoisotopic (exact) mass is 821 g/mol. The largest absolute Gasteiger partial charge is 0.534 e. The lowest BCUT2D eigenvalue weighted by molar-refractivity contribution is -0.0500. The molecular weight excluding hydrogens is 796 g/mol. The van der Waals surface area contributed by atoms with Gasteiger partial charge in [0.05, 0.1) is 5.69 Å². The summed E-state index contributed by atoms with van der Waals surface area (Å²) in [6, 6.07) is 50.5. The van der Waals surface area contributed by atoms with Crippen molar-refractivity contribution in [3.8, 4) is 16.9 Å². The molecular formula is C47H26F3NO4S3. The van der Waals surface area contributed by atoms with E-state index >= 15 is 0 Å². The summed E-state index contributed by atoms with van der Waals surface area (Å²) in [6.07, 6.45) is 0. The summed E-state index contributed by atoms with van der Waals surface area (Å²) in [5.41, 5.74) is -1.35. The van der Waals surface area contributed by atoms with Gasteiger partial charge in [0.2, 0.25) is 0 Å². The Kier molecular flexibility index (Phi) is 7.69. The number of benzene rings is 8. The van der Waals surface area contributed by atoms with Crippen LogP contribution in [0.4, 0.5) is 30.2 Å². The smallest absolute Gasteiger partial charge is 0.454 e. The molecule has 11 rings (SSSR count). The van der Waals surface area contributed by atoms with Crippen LogP contribution in [-0.4, -0.2) is 13.9 Å². The SMILES string of the molecule is O=S(=O)(Oc1cc(N(c2ccccc2)c2ccc3sc4ccccc4c3c2)c2oc3ccc(-c4cccc5sc6ccc7ccccc7c6c45)cc3c2c1)C(F)(F)F. The van der Waals surface area contributed by atoms with Crippen LogP contribution in [0.1, 0.15) is 0 Å². The van der Waals surface area contributed by atoms with E-state index in [4.69, 9.17) is 8.60 Å². The summed E-state index contributed by atoms with van der Waals surface area (Å²) in [6.45, 7) is 0. The first kappa shape index (κ1) is 34.8. The Hall–Kier alpha value is -6.40. The Morgan fingerprint density at radius 1 is 0.552 bits per heavy atom. The van der Waals surface area contributed by atoms with Crippen molar-refractivity contribution in [2.24, 2.45) is 0 Å². The molecule has 58 heavy (non-hydrogen) atoms. The lowest BCUT2D eigenvalue weighted by Crippen LogP contribution is -2.28. The number of rotatable bonds is 6. The van der Waals surface area contributed by atoms with E-state index < -0.39 is 21.4 Å². The van der Waals surface area contributed by atoms with Crippen LogP contribution in [-0.2, 0) is 10.1 Å². The third-order valence-electron chi connectivity index (χ3n) is 10.6. The second kappa shape index (κ2) is 12.8. The van der Waals surface area contributed by atoms with Gasteiger partial charge < -0.3 is 13.5 Å². The Bertz CT molecular complexity index is 3570. The van der Waals surface area contributed by atoms with Crippen molar-refractivity contribution >= 4 is 123 Å². The van der Waals surface area contributed by atoms with Gasteiger partial charge in [0, 0.05) is 68.6 Å². The molecule has 0 unspecified atom stereocenters. The first-order valence-electron chi connectivity index (χ1n) is 18.2. The van der Waals surface area contributed by atoms with Gasteiger partial charge in [-0.1, -0.05) is 84.9 Å². The molecule has 0 atom stereocenters. The minimum atomic E-state index is -6.03. The number of anilines is 3. The van der Waals surface area contributed by atoms with E-state index in [0.29, 0.717) is 39.0 Å². The zero-order chi connectivity index (χ0) is 39.3. The third kappa shape index (κ3) is 5.45. The maximum absolute atomic E-state index is 13.9. The van der Waals surface area contributed by atoms with Gasteiger partial charge in [-0.05, 0) is 88.6 Å². The van der Waals surface area contributed by atoms with Crippen LogP contribution in [0.2, 0.25) is 0 Å². The molecule has 0 amide bonds. The predicted octanol–water partition coefficient (Wildman–Crippen LogP) is 14.8. The minimum Gasteiger partial charge on any atom is -0.454 e. The molecule has 0 radical (unpaired) electrons. The van der Waals surface area contributed by atoms with E-state index in [0.717, 1.165) is 62.2 Å². The quantitative estimate of drug-likeness (QED) is 0.123. The molecule has 0 N–H and O–H groups in total. The van der Waals surface area contributed by atoms with E-state index in [9.17, 15) is 21.6 Å². The van der Waals surface area contributed by atoms with Crippen molar-refractivity contribution in [2.45, 2.75) is 5.51 Å². The average molecular weight is 822 g/mol. The van der Waals surface area contributed by atoms with Gasteiger partial charge in [-0.2, -0.15) is 21.6 Å². The fraction of sp³-hybridized carbons (Fsp3) is 0.0213. The lowest BCUT2D eigenvalue weighted by atomic mass is 9.96. The van der Waals surface area contributed by atoms with E-state index in [-0.39, 0.29) is 0 Å². The zero-order valence-corrected chi connectivity index (χ0v) is 32.4. The van der Waals surface area contributed by atoms with Crippen LogP contribution in [0, 0.1) is 0 Å². The molecule has 3 heterocycles. The van der Waals surface area contributed by atoms with E-state index in [1.165, 1.54) is 12.1 Å². The highest BCUT2D eigenvalue weighted by Gasteiger charge is 2.48. The number of nitrogens with zero attached hydrogens (tertiary/aromatic N) is 1. The zero-order valence-electron chi connectivity index (χ0n) is 29.9. The maximum Gasteiger partial charge on any atom is 0.534 e. The second-order valence-corrected chi connectivity index (χ2v) is 17.7. The number of para-hydroxylation sites is 1. The molecule has 0 saturated heterocycles. The van der Waals surface area contributed by atoms with E-state index in [1.54, 1.807) is 22.7 Å². The van der Waals surface area contributed by atoms with Crippen molar-refractivity contribution in [1.82, 2.24) is 0 Å². The van der Waals surface area contributed by atoms with E-state index in [1.807, 2.05) is 102 Å². The van der Waals surface area contributed by atoms with Crippen molar-refractivity contribution < 1.29 is 30.2 Å². The molecule has 0 aliphatic carbocycles. The first-order chi connectivity index (χ1) is 28.1. The molecule has 11 aromatic rings. The van der Waals surface area contributed by atoms with E-state index in [2.05, 4.69) is 48.5 Å². The Balaban J connectivity index is 1.18. The number of alkyl halides is 3. The van der Waals surface area contributed by atoms with Crippen LogP contribution in [0.25, 0.3) is 84.2 Å². The fourth-order valence-electron chi connectivity index (χ4n) is 8.08.